The summed E-state index contributed by atoms with van der Waals surface area (Å²) in [6, 6.07) is 12.3. The lowest BCUT2D eigenvalue weighted by atomic mass is 10.1. The predicted molar refractivity (Wildman–Crippen MR) is 103 cm³/mol. The minimum Gasteiger partial charge on any atom is -0.497 e. The first-order chi connectivity index (χ1) is 12.1. The van der Waals surface area contributed by atoms with Crippen LogP contribution in [0.1, 0.15) is 34.5 Å². The maximum atomic E-state index is 12.5. The molecule has 0 aliphatic heterocycles. The monoisotopic (exact) mass is 376 g/mol. The van der Waals surface area contributed by atoms with E-state index >= 15 is 0 Å². The average Bonchev–Trinajstić information content (AvgIpc) is 2.60. The van der Waals surface area contributed by atoms with Crippen LogP contribution >= 0.6 is 0 Å². The molecule has 1 atom stereocenters. The molecule has 0 heterocycles. The number of ether oxygens (including phenoxy) is 1. The standard InChI is InChI=1S/C19H24N2O4S/c1-13-12-16(8-11-18(13)21(3)26(5,23)24)19(22)20-14(2)15-6-9-17(25-4)10-7-15/h6-12,14H,1-5H3,(H,20,22)/t14-/m1/s1. The summed E-state index contributed by atoms with van der Waals surface area (Å²) in [4.78, 5) is 12.5. The van der Waals surface area contributed by atoms with Gasteiger partial charge in [0.05, 0.1) is 25.1 Å². The van der Waals surface area contributed by atoms with Gasteiger partial charge in [-0.05, 0) is 55.3 Å². The van der Waals surface area contributed by atoms with Crippen LogP contribution in [0.15, 0.2) is 42.5 Å². The van der Waals surface area contributed by atoms with Crippen LogP contribution in [0.3, 0.4) is 0 Å². The molecule has 140 valence electrons. The lowest BCUT2D eigenvalue weighted by molar-refractivity contribution is 0.0940. The van der Waals surface area contributed by atoms with Crippen LogP contribution in [-0.4, -0.2) is 34.7 Å². The highest BCUT2D eigenvalue weighted by atomic mass is 32.2. The quantitative estimate of drug-likeness (QED) is 0.841. The molecule has 0 aromatic heterocycles. The largest absolute Gasteiger partial charge is 0.497 e. The van der Waals surface area contributed by atoms with Crippen LogP contribution in [0.4, 0.5) is 5.69 Å². The number of anilines is 1. The molecule has 6 nitrogen and oxygen atoms in total. The van der Waals surface area contributed by atoms with E-state index in [4.69, 9.17) is 4.74 Å². The molecule has 1 amide bonds. The van der Waals surface area contributed by atoms with Gasteiger partial charge in [0.1, 0.15) is 5.75 Å². The fraction of sp³-hybridized carbons (Fsp3) is 0.316. The zero-order chi connectivity index (χ0) is 19.5. The molecule has 0 unspecified atom stereocenters. The molecule has 2 aromatic carbocycles. The van der Waals surface area contributed by atoms with Crippen LogP contribution in [0.2, 0.25) is 0 Å². The Morgan fingerprint density at radius 1 is 1.15 bits per heavy atom. The number of hydrogen-bond donors (Lipinski definition) is 1. The molecule has 7 heteroatoms. The smallest absolute Gasteiger partial charge is 0.251 e. The topological polar surface area (TPSA) is 75.7 Å². The third-order valence-electron chi connectivity index (χ3n) is 4.26. The second kappa shape index (κ2) is 7.78. The van der Waals surface area contributed by atoms with Crippen LogP contribution in [0.25, 0.3) is 0 Å². The van der Waals surface area contributed by atoms with Crippen molar-refractivity contribution in [2.45, 2.75) is 19.9 Å². The van der Waals surface area contributed by atoms with Crippen LogP contribution < -0.4 is 14.4 Å². The van der Waals surface area contributed by atoms with Crippen molar-refractivity contribution in [2.75, 3.05) is 24.7 Å². The SMILES string of the molecule is COc1ccc([C@@H](C)NC(=O)c2ccc(N(C)S(C)(=O)=O)c(C)c2)cc1. The molecule has 1 N–H and O–H groups in total. The lowest BCUT2D eigenvalue weighted by Gasteiger charge is -2.20. The molecular formula is C19H24N2O4S. The van der Waals surface area contributed by atoms with Gasteiger partial charge in [0.15, 0.2) is 0 Å². The second-order valence-corrected chi connectivity index (χ2v) is 8.21. The van der Waals surface area contributed by atoms with E-state index in [1.807, 2.05) is 31.2 Å². The van der Waals surface area contributed by atoms with E-state index in [0.717, 1.165) is 17.6 Å². The number of rotatable bonds is 6. The van der Waals surface area contributed by atoms with Crippen molar-refractivity contribution in [3.05, 3.63) is 59.2 Å². The van der Waals surface area contributed by atoms with Crippen LogP contribution in [-0.2, 0) is 10.0 Å². The van der Waals surface area contributed by atoms with E-state index < -0.39 is 10.0 Å². The lowest BCUT2D eigenvalue weighted by Crippen LogP contribution is -2.28. The molecule has 2 rings (SSSR count). The van der Waals surface area contributed by atoms with Crippen molar-refractivity contribution in [1.82, 2.24) is 5.32 Å². The van der Waals surface area contributed by atoms with Gasteiger partial charge < -0.3 is 10.1 Å². The van der Waals surface area contributed by atoms with E-state index in [1.54, 1.807) is 32.2 Å². The molecule has 0 radical (unpaired) electrons. The molecule has 26 heavy (non-hydrogen) atoms. The van der Waals surface area contributed by atoms with E-state index in [-0.39, 0.29) is 11.9 Å². The fourth-order valence-corrected chi connectivity index (χ4v) is 3.15. The highest BCUT2D eigenvalue weighted by Crippen LogP contribution is 2.23. The zero-order valence-electron chi connectivity index (χ0n) is 15.6. The number of sulfonamides is 1. The summed E-state index contributed by atoms with van der Waals surface area (Å²) in [7, 11) is -0.256. The normalized spacial score (nSPS) is 12.3. The number of aryl methyl sites for hydroxylation is 1. The van der Waals surface area contributed by atoms with Crippen molar-refractivity contribution in [1.29, 1.82) is 0 Å². The summed E-state index contributed by atoms with van der Waals surface area (Å²) < 4.78 is 29.7. The van der Waals surface area contributed by atoms with Crippen molar-refractivity contribution in [3.8, 4) is 5.75 Å². The van der Waals surface area contributed by atoms with Crippen molar-refractivity contribution < 1.29 is 17.9 Å². The van der Waals surface area contributed by atoms with Gasteiger partial charge in [-0.15, -0.1) is 0 Å². The van der Waals surface area contributed by atoms with E-state index in [0.29, 0.717) is 16.8 Å². The number of nitrogens with one attached hydrogen (secondary N) is 1. The summed E-state index contributed by atoms with van der Waals surface area (Å²) in [6.45, 7) is 3.68. The maximum absolute atomic E-state index is 12.5. The summed E-state index contributed by atoms with van der Waals surface area (Å²) in [5, 5.41) is 2.94. The number of hydrogen-bond acceptors (Lipinski definition) is 4. The van der Waals surface area contributed by atoms with Gasteiger partial charge in [-0.3, -0.25) is 9.10 Å². The van der Waals surface area contributed by atoms with E-state index in [1.165, 1.54) is 11.4 Å². The summed E-state index contributed by atoms with van der Waals surface area (Å²) in [6.07, 6.45) is 1.14. The number of carbonyl (C=O) groups excluding carboxylic acids is 1. The molecule has 0 fully saturated rings. The Kier molecular flexibility index (Phi) is 5.92. The highest BCUT2D eigenvalue weighted by molar-refractivity contribution is 7.92. The minimum atomic E-state index is -3.35. The minimum absolute atomic E-state index is 0.174. The van der Waals surface area contributed by atoms with Gasteiger partial charge in [0.25, 0.3) is 5.91 Å². The van der Waals surface area contributed by atoms with Gasteiger partial charge in [-0.2, -0.15) is 0 Å². The van der Waals surface area contributed by atoms with Gasteiger partial charge in [-0.25, -0.2) is 8.42 Å². The van der Waals surface area contributed by atoms with Crippen LogP contribution in [0, 0.1) is 6.92 Å². The van der Waals surface area contributed by atoms with Crippen molar-refractivity contribution in [2.24, 2.45) is 0 Å². The fourth-order valence-electron chi connectivity index (χ4n) is 2.58. The van der Waals surface area contributed by atoms with Crippen molar-refractivity contribution in [3.63, 3.8) is 0 Å². The Morgan fingerprint density at radius 2 is 1.77 bits per heavy atom. The summed E-state index contributed by atoms with van der Waals surface area (Å²) in [5.74, 6) is 0.540. The number of nitrogens with zero attached hydrogens (tertiary/aromatic N) is 1. The van der Waals surface area contributed by atoms with Gasteiger partial charge >= 0.3 is 0 Å². The number of methoxy groups -OCH3 is 1. The first kappa shape index (κ1) is 19.8. The summed E-state index contributed by atoms with van der Waals surface area (Å²) in [5.41, 5.74) is 2.70. The third kappa shape index (κ3) is 4.54. The summed E-state index contributed by atoms with van der Waals surface area (Å²) >= 11 is 0. The molecule has 0 saturated heterocycles. The molecule has 0 spiro atoms. The Hall–Kier alpha value is -2.54. The Bertz CT molecular complexity index is 892. The van der Waals surface area contributed by atoms with E-state index in [9.17, 15) is 13.2 Å². The maximum Gasteiger partial charge on any atom is 0.251 e. The number of benzene rings is 2. The first-order valence-electron chi connectivity index (χ1n) is 8.13. The molecule has 2 aromatic rings. The predicted octanol–water partition coefficient (Wildman–Crippen LogP) is 2.89. The average molecular weight is 376 g/mol. The number of amides is 1. The van der Waals surface area contributed by atoms with Gasteiger partial charge in [0.2, 0.25) is 10.0 Å². The first-order valence-corrected chi connectivity index (χ1v) is 9.97. The Balaban J connectivity index is 2.15. The van der Waals surface area contributed by atoms with Gasteiger partial charge in [-0.1, -0.05) is 12.1 Å². The molecular weight excluding hydrogens is 352 g/mol. The molecule has 0 saturated carbocycles. The van der Waals surface area contributed by atoms with Crippen LogP contribution in [0.5, 0.6) is 5.75 Å². The van der Waals surface area contributed by atoms with Gasteiger partial charge in [0, 0.05) is 12.6 Å². The van der Waals surface area contributed by atoms with E-state index in [2.05, 4.69) is 5.32 Å². The second-order valence-electron chi connectivity index (χ2n) is 6.20. The Morgan fingerprint density at radius 3 is 2.27 bits per heavy atom. The third-order valence-corrected chi connectivity index (χ3v) is 5.45. The molecule has 0 aliphatic carbocycles. The zero-order valence-corrected chi connectivity index (χ0v) is 16.4. The highest BCUT2D eigenvalue weighted by Gasteiger charge is 2.17. The molecule has 0 aliphatic rings. The number of carbonyl (C=O) groups is 1. The van der Waals surface area contributed by atoms with Crippen molar-refractivity contribution >= 4 is 21.6 Å². The Labute approximate surface area is 154 Å². The molecule has 0 bridgehead atoms.